The summed E-state index contributed by atoms with van der Waals surface area (Å²) in [5.74, 6) is -0.0256. The predicted molar refractivity (Wildman–Crippen MR) is 51.2 cm³/mol. The van der Waals surface area contributed by atoms with Gasteiger partial charge in [0, 0.05) is 24.5 Å². The zero-order valence-corrected chi connectivity index (χ0v) is 8.36. The molecule has 0 aliphatic heterocycles. The van der Waals surface area contributed by atoms with Crippen molar-refractivity contribution in [3.05, 3.63) is 29.0 Å². The topological polar surface area (TPSA) is 60.7 Å². The van der Waals surface area contributed by atoms with Crippen molar-refractivity contribution in [2.75, 3.05) is 0 Å². The monoisotopic (exact) mass is 208 g/mol. The van der Waals surface area contributed by atoms with E-state index in [4.69, 9.17) is 0 Å². The minimum atomic E-state index is -0.0256. The maximum absolute atomic E-state index is 11.6. The predicted octanol–water partition coefficient (Wildman–Crippen LogP) is 0.697. The van der Waals surface area contributed by atoms with Crippen LogP contribution in [0.15, 0.2) is 18.5 Å². The van der Waals surface area contributed by atoms with E-state index in [1.54, 1.807) is 19.4 Å². The standard InChI is InChI=1S/C8H8N4OS/c1-12-5-7(10-11-12)8(13)4-6-2-3-9-14-6/h2-3,5H,4H2,1H3. The molecule has 6 heteroatoms. The highest BCUT2D eigenvalue weighted by atomic mass is 32.1. The Balaban J connectivity index is 2.10. The third kappa shape index (κ3) is 1.85. The van der Waals surface area contributed by atoms with Crippen LogP contribution in [0.1, 0.15) is 15.4 Å². The highest BCUT2D eigenvalue weighted by molar-refractivity contribution is 7.05. The van der Waals surface area contributed by atoms with Gasteiger partial charge in [-0.15, -0.1) is 5.10 Å². The Hall–Kier alpha value is -1.56. The number of carbonyl (C=O) groups is 1. The van der Waals surface area contributed by atoms with E-state index < -0.39 is 0 Å². The second-order valence-electron chi connectivity index (χ2n) is 2.86. The van der Waals surface area contributed by atoms with E-state index in [2.05, 4.69) is 14.7 Å². The van der Waals surface area contributed by atoms with Gasteiger partial charge in [0.05, 0.1) is 6.20 Å². The highest BCUT2D eigenvalue weighted by Crippen LogP contribution is 2.08. The number of carbonyl (C=O) groups excluding carboxylic acids is 1. The first-order chi connectivity index (χ1) is 6.75. The largest absolute Gasteiger partial charge is 0.292 e. The molecule has 0 N–H and O–H groups in total. The van der Waals surface area contributed by atoms with Crippen molar-refractivity contribution in [3.8, 4) is 0 Å². The molecule has 0 radical (unpaired) electrons. The van der Waals surface area contributed by atoms with Crippen molar-refractivity contribution >= 4 is 17.3 Å². The molecule has 2 heterocycles. The number of ketones is 1. The third-order valence-corrected chi connectivity index (χ3v) is 2.46. The molecule has 0 aliphatic carbocycles. The van der Waals surface area contributed by atoms with Crippen LogP contribution in [0.25, 0.3) is 0 Å². The third-order valence-electron chi connectivity index (χ3n) is 1.71. The van der Waals surface area contributed by atoms with E-state index in [0.717, 1.165) is 4.88 Å². The molecule has 5 nitrogen and oxygen atoms in total. The van der Waals surface area contributed by atoms with E-state index in [9.17, 15) is 4.79 Å². The molecule has 0 aliphatic rings. The summed E-state index contributed by atoms with van der Waals surface area (Å²) in [4.78, 5) is 12.5. The second-order valence-corrected chi connectivity index (χ2v) is 3.77. The average molecular weight is 208 g/mol. The van der Waals surface area contributed by atoms with Crippen molar-refractivity contribution in [1.82, 2.24) is 19.4 Å². The molecule has 0 aromatic carbocycles. The van der Waals surface area contributed by atoms with Gasteiger partial charge in [-0.1, -0.05) is 5.21 Å². The molecule has 0 amide bonds. The first-order valence-electron chi connectivity index (χ1n) is 4.05. The van der Waals surface area contributed by atoms with Gasteiger partial charge in [0.2, 0.25) is 0 Å². The van der Waals surface area contributed by atoms with Crippen LogP contribution in [0.4, 0.5) is 0 Å². The van der Waals surface area contributed by atoms with Gasteiger partial charge in [0.1, 0.15) is 5.69 Å². The molecule has 2 aromatic rings. The molecule has 0 atom stereocenters. The summed E-state index contributed by atoms with van der Waals surface area (Å²) < 4.78 is 5.44. The molecule has 0 saturated carbocycles. The number of rotatable bonds is 3. The molecule has 0 saturated heterocycles. The Labute approximate surface area is 84.5 Å². The lowest BCUT2D eigenvalue weighted by atomic mass is 10.2. The molecular formula is C8H8N4OS. The smallest absolute Gasteiger partial charge is 0.189 e. The molecular weight excluding hydrogens is 200 g/mol. The summed E-state index contributed by atoms with van der Waals surface area (Å²) >= 11 is 1.33. The van der Waals surface area contributed by atoms with E-state index in [-0.39, 0.29) is 5.78 Å². The zero-order valence-electron chi connectivity index (χ0n) is 7.54. The van der Waals surface area contributed by atoms with E-state index in [1.807, 2.05) is 6.07 Å². The SMILES string of the molecule is Cn1cc(C(=O)Cc2ccns2)nn1. The maximum Gasteiger partial charge on any atom is 0.189 e. The van der Waals surface area contributed by atoms with Crippen LogP contribution < -0.4 is 0 Å². The van der Waals surface area contributed by atoms with Crippen molar-refractivity contribution in [2.45, 2.75) is 6.42 Å². The summed E-state index contributed by atoms with van der Waals surface area (Å²) in [5, 5.41) is 7.44. The lowest BCUT2D eigenvalue weighted by molar-refractivity contribution is 0.0989. The summed E-state index contributed by atoms with van der Waals surface area (Å²) in [6.45, 7) is 0. The van der Waals surface area contributed by atoms with E-state index in [0.29, 0.717) is 12.1 Å². The van der Waals surface area contributed by atoms with Gasteiger partial charge in [-0.25, -0.2) is 4.37 Å². The van der Waals surface area contributed by atoms with Crippen LogP contribution in [0.5, 0.6) is 0 Å². The number of nitrogens with zero attached hydrogens (tertiary/aromatic N) is 4. The summed E-state index contributed by atoms with van der Waals surface area (Å²) in [6.07, 6.45) is 3.65. The lowest BCUT2D eigenvalue weighted by Gasteiger charge is -1.90. The Morgan fingerprint density at radius 1 is 1.64 bits per heavy atom. The van der Waals surface area contributed by atoms with E-state index in [1.165, 1.54) is 16.2 Å². The van der Waals surface area contributed by atoms with Crippen molar-refractivity contribution in [3.63, 3.8) is 0 Å². The molecule has 2 rings (SSSR count). The fourth-order valence-corrected chi connectivity index (χ4v) is 1.63. The average Bonchev–Trinajstić information content (AvgIpc) is 2.75. The van der Waals surface area contributed by atoms with Crippen molar-refractivity contribution < 1.29 is 4.79 Å². The molecule has 0 unspecified atom stereocenters. The normalized spacial score (nSPS) is 10.4. The Bertz CT molecular complexity index is 434. The fraction of sp³-hybridized carbons (Fsp3) is 0.250. The van der Waals surface area contributed by atoms with Crippen LogP contribution in [0, 0.1) is 0 Å². The van der Waals surface area contributed by atoms with E-state index >= 15 is 0 Å². The summed E-state index contributed by atoms with van der Waals surface area (Å²) in [7, 11) is 1.73. The summed E-state index contributed by atoms with van der Waals surface area (Å²) in [6, 6.07) is 1.83. The zero-order chi connectivity index (χ0) is 9.97. The molecule has 0 fully saturated rings. The minimum absolute atomic E-state index is 0.0256. The second kappa shape index (κ2) is 3.67. The quantitative estimate of drug-likeness (QED) is 0.696. The van der Waals surface area contributed by atoms with Gasteiger partial charge in [-0.05, 0) is 17.6 Å². The summed E-state index contributed by atoms with van der Waals surface area (Å²) in [5.41, 5.74) is 0.404. The lowest BCUT2D eigenvalue weighted by Crippen LogP contribution is -2.02. The van der Waals surface area contributed by atoms with Gasteiger partial charge >= 0.3 is 0 Å². The van der Waals surface area contributed by atoms with Crippen molar-refractivity contribution in [1.29, 1.82) is 0 Å². The number of aryl methyl sites for hydroxylation is 1. The first-order valence-corrected chi connectivity index (χ1v) is 4.82. The Kier molecular flexibility index (Phi) is 2.36. The van der Waals surface area contributed by atoms with Gasteiger partial charge < -0.3 is 0 Å². The minimum Gasteiger partial charge on any atom is -0.292 e. The molecule has 0 spiro atoms. The first kappa shape index (κ1) is 9.01. The molecule has 72 valence electrons. The molecule has 2 aromatic heterocycles. The Morgan fingerprint density at radius 3 is 3.07 bits per heavy atom. The van der Waals surface area contributed by atoms with Gasteiger partial charge in [-0.2, -0.15) is 0 Å². The number of hydrogen-bond acceptors (Lipinski definition) is 5. The highest BCUT2D eigenvalue weighted by Gasteiger charge is 2.11. The van der Waals surface area contributed by atoms with Crippen LogP contribution in [-0.4, -0.2) is 25.2 Å². The van der Waals surface area contributed by atoms with Gasteiger partial charge in [-0.3, -0.25) is 9.48 Å². The van der Waals surface area contributed by atoms with Gasteiger partial charge in [0.15, 0.2) is 5.78 Å². The number of hydrogen-bond donors (Lipinski definition) is 0. The van der Waals surface area contributed by atoms with Crippen molar-refractivity contribution in [2.24, 2.45) is 7.05 Å². The Morgan fingerprint density at radius 2 is 2.50 bits per heavy atom. The number of aromatic nitrogens is 4. The van der Waals surface area contributed by atoms with Gasteiger partial charge in [0.25, 0.3) is 0 Å². The van der Waals surface area contributed by atoms with Crippen LogP contribution in [0.3, 0.4) is 0 Å². The molecule has 0 bridgehead atoms. The van der Waals surface area contributed by atoms with Crippen LogP contribution >= 0.6 is 11.5 Å². The maximum atomic E-state index is 11.6. The number of Topliss-reactive ketones (excluding diaryl/α,β-unsaturated/α-hetero) is 1. The fourth-order valence-electron chi connectivity index (χ4n) is 1.06. The molecule has 14 heavy (non-hydrogen) atoms. The van der Waals surface area contributed by atoms with Crippen LogP contribution in [-0.2, 0) is 13.5 Å². The van der Waals surface area contributed by atoms with Crippen LogP contribution in [0.2, 0.25) is 0 Å².